The predicted molar refractivity (Wildman–Crippen MR) is 191 cm³/mol. The number of ether oxygens (including phenoxy) is 3. The summed E-state index contributed by atoms with van der Waals surface area (Å²) in [5, 5.41) is 0.414. The molecular formula is C37H30BrClN2O7S. The van der Waals surface area contributed by atoms with Crippen LogP contribution in [0.25, 0.3) is 23.1 Å². The molecule has 6 rings (SSSR count). The van der Waals surface area contributed by atoms with Crippen LogP contribution >= 0.6 is 38.9 Å². The largest absolute Gasteiger partial charge is 0.496 e. The van der Waals surface area contributed by atoms with Crippen molar-refractivity contribution in [3.05, 3.63) is 136 Å². The summed E-state index contributed by atoms with van der Waals surface area (Å²) in [5.74, 6) is 0.0821. The van der Waals surface area contributed by atoms with Crippen LogP contribution in [0.1, 0.15) is 54.1 Å². The van der Waals surface area contributed by atoms with E-state index < -0.39 is 23.5 Å². The van der Waals surface area contributed by atoms with Gasteiger partial charge in [0.1, 0.15) is 23.3 Å². The van der Waals surface area contributed by atoms with Gasteiger partial charge in [0.05, 0.1) is 41.2 Å². The topological polar surface area (TPSA) is 109 Å². The zero-order chi connectivity index (χ0) is 34.8. The number of fused-ring (bicyclic) bond motifs is 1. The number of thiazole rings is 1. The maximum atomic E-state index is 14.4. The van der Waals surface area contributed by atoms with Gasteiger partial charge in [-0.15, -0.1) is 0 Å². The summed E-state index contributed by atoms with van der Waals surface area (Å²) in [6.07, 6.45) is 1.29. The third kappa shape index (κ3) is 6.92. The second-order valence-corrected chi connectivity index (χ2v) is 13.5. The molecule has 0 saturated carbocycles. The summed E-state index contributed by atoms with van der Waals surface area (Å²) in [5.41, 5.74) is 2.19. The molecule has 0 unspecified atom stereocenters. The molecule has 0 fully saturated rings. The van der Waals surface area contributed by atoms with Crippen molar-refractivity contribution < 1.29 is 28.2 Å². The van der Waals surface area contributed by atoms with Gasteiger partial charge in [-0.3, -0.25) is 9.36 Å². The number of carbonyl (C=O) groups excluding carboxylic acids is 2. The Kier molecular flexibility index (Phi) is 10.0. The van der Waals surface area contributed by atoms with Crippen LogP contribution in [0.3, 0.4) is 0 Å². The Bertz CT molecular complexity index is 2290. The molecule has 0 spiro atoms. The summed E-state index contributed by atoms with van der Waals surface area (Å²) in [6, 6.07) is 22.0. The molecule has 5 aromatic rings. The number of methoxy groups -OCH3 is 1. The summed E-state index contributed by atoms with van der Waals surface area (Å²) in [4.78, 5) is 46.3. The lowest BCUT2D eigenvalue weighted by Crippen LogP contribution is -2.40. The first kappa shape index (κ1) is 34.2. The Balaban J connectivity index is 1.55. The van der Waals surface area contributed by atoms with Gasteiger partial charge < -0.3 is 18.6 Å². The molecule has 12 heteroatoms. The van der Waals surface area contributed by atoms with E-state index in [0.717, 1.165) is 15.8 Å². The highest BCUT2D eigenvalue weighted by molar-refractivity contribution is 9.10. The average Bonchev–Trinajstić information content (AvgIpc) is 3.67. The van der Waals surface area contributed by atoms with E-state index in [-0.39, 0.29) is 18.3 Å². The first-order chi connectivity index (χ1) is 23.6. The van der Waals surface area contributed by atoms with Crippen LogP contribution in [0.2, 0.25) is 5.02 Å². The molecule has 1 aliphatic rings. The van der Waals surface area contributed by atoms with Crippen LogP contribution in [0.15, 0.2) is 103 Å². The minimum atomic E-state index is -0.937. The van der Waals surface area contributed by atoms with Crippen LogP contribution in [-0.2, 0) is 14.3 Å². The van der Waals surface area contributed by atoms with Crippen LogP contribution in [0.5, 0.6) is 5.75 Å². The number of nitrogens with zero attached hydrogens (tertiary/aromatic N) is 2. The molecule has 0 amide bonds. The fourth-order valence-corrected chi connectivity index (χ4v) is 7.07. The second kappa shape index (κ2) is 14.4. The van der Waals surface area contributed by atoms with E-state index in [2.05, 4.69) is 15.9 Å². The number of hydrogen-bond acceptors (Lipinski definition) is 9. The highest BCUT2D eigenvalue weighted by Gasteiger charge is 2.37. The summed E-state index contributed by atoms with van der Waals surface area (Å²) in [7, 11) is 1.53. The Hall–Kier alpha value is -4.71. The molecule has 1 atom stereocenters. The number of furan rings is 1. The van der Waals surface area contributed by atoms with Gasteiger partial charge in [-0.05, 0) is 69.3 Å². The third-order valence-electron chi connectivity index (χ3n) is 7.57. The molecule has 250 valence electrons. The van der Waals surface area contributed by atoms with Crippen molar-refractivity contribution in [3.63, 3.8) is 0 Å². The van der Waals surface area contributed by atoms with Crippen molar-refractivity contribution in [2.24, 2.45) is 4.99 Å². The maximum Gasteiger partial charge on any atom is 0.339 e. The quantitative estimate of drug-likeness (QED) is 0.146. The average molecular weight is 762 g/mol. The van der Waals surface area contributed by atoms with Crippen LogP contribution in [0.4, 0.5) is 0 Å². The molecule has 2 aromatic heterocycles. The monoisotopic (exact) mass is 760 g/mol. The smallest absolute Gasteiger partial charge is 0.339 e. The van der Waals surface area contributed by atoms with Gasteiger partial charge in [0, 0.05) is 32.3 Å². The zero-order valence-electron chi connectivity index (χ0n) is 26.9. The third-order valence-corrected chi connectivity index (χ3v) is 9.28. The predicted octanol–water partition coefficient (Wildman–Crippen LogP) is 7.19. The number of rotatable bonds is 9. The second-order valence-electron chi connectivity index (χ2n) is 11.2. The number of aromatic nitrogens is 1. The number of halogens is 2. The number of benzene rings is 3. The summed E-state index contributed by atoms with van der Waals surface area (Å²) < 4.78 is 25.4. The zero-order valence-corrected chi connectivity index (χ0v) is 30.0. The molecule has 0 N–H and O–H groups in total. The molecule has 0 aliphatic carbocycles. The maximum absolute atomic E-state index is 14.4. The molecule has 0 saturated heterocycles. The fourth-order valence-electron chi connectivity index (χ4n) is 5.53. The van der Waals surface area contributed by atoms with E-state index in [4.69, 9.17) is 35.2 Å². The lowest BCUT2D eigenvalue weighted by atomic mass is 9.92. The molecule has 0 bridgehead atoms. The van der Waals surface area contributed by atoms with Crippen molar-refractivity contribution >= 4 is 62.6 Å². The highest BCUT2D eigenvalue weighted by atomic mass is 79.9. The van der Waals surface area contributed by atoms with Crippen molar-refractivity contribution in [2.75, 3.05) is 13.7 Å². The Labute approximate surface area is 298 Å². The van der Waals surface area contributed by atoms with Gasteiger partial charge in [-0.1, -0.05) is 69.2 Å². The van der Waals surface area contributed by atoms with Crippen molar-refractivity contribution in [3.8, 4) is 17.1 Å². The van der Waals surface area contributed by atoms with E-state index in [0.29, 0.717) is 59.6 Å². The van der Waals surface area contributed by atoms with Gasteiger partial charge >= 0.3 is 11.9 Å². The summed E-state index contributed by atoms with van der Waals surface area (Å²) >= 11 is 11.0. The fraction of sp³-hybridized carbons (Fsp3) is 0.189. The normalized spacial score (nSPS) is 14.4. The van der Waals surface area contributed by atoms with Crippen LogP contribution < -0.4 is 19.6 Å². The minimum Gasteiger partial charge on any atom is -0.496 e. The SMILES string of the molecule is CCOC(=O)C1=C(c2ccccc2)N=c2s/c(=C\c3ccc(-c4cc(Cl)ccc4C(=O)OC(C)C)o3)c(=O)n2[C@@H]1c1cc(Br)ccc1OC. The van der Waals surface area contributed by atoms with Gasteiger partial charge in [-0.25, -0.2) is 14.6 Å². The van der Waals surface area contributed by atoms with Crippen molar-refractivity contribution in [2.45, 2.75) is 32.9 Å². The van der Waals surface area contributed by atoms with Crippen LogP contribution in [-0.4, -0.2) is 36.3 Å². The molecule has 49 heavy (non-hydrogen) atoms. The van der Waals surface area contributed by atoms with E-state index >= 15 is 0 Å². The molecular weight excluding hydrogens is 732 g/mol. The Morgan fingerprint density at radius 3 is 2.55 bits per heavy atom. The number of hydrogen-bond donors (Lipinski definition) is 0. The molecule has 3 heterocycles. The van der Waals surface area contributed by atoms with E-state index in [1.165, 1.54) is 11.7 Å². The minimum absolute atomic E-state index is 0.127. The summed E-state index contributed by atoms with van der Waals surface area (Å²) in [6.45, 7) is 5.39. The molecule has 1 aliphatic heterocycles. The van der Waals surface area contributed by atoms with E-state index in [1.807, 2.05) is 42.5 Å². The molecule has 0 radical (unpaired) electrons. The Morgan fingerprint density at radius 2 is 1.84 bits per heavy atom. The van der Waals surface area contributed by atoms with Gasteiger partial charge in [-0.2, -0.15) is 0 Å². The van der Waals surface area contributed by atoms with Gasteiger partial charge in [0.25, 0.3) is 5.56 Å². The first-order valence-electron chi connectivity index (χ1n) is 15.3. The van der Waals surface area contributed by atoms with Gasteiger partial charge in [0.15, 0.2) is 4.80 Å². The van der Waals surface area contributed by atoms with Crippen molar-refractivity contribution in [1.82, 2.24) is 4.57 Å². The van der Waals surface area contributed by atoms with Gasteiger partial charge in [0.2, 0.25) is 0 Å². The number of carbonyl (C=O) groups is 2. The standard InChI is InChI=1S/C37H30BrClN2O7S/c1-5-46-36(44)31-32(21-9-7-6-8-10-21)40-37-41(33(31)27-17-22(38)11-15-28(27)45-4)34(42)30(49-37)19-24-13-16-29(48-24)26-18-23(39)12-14-25(26)35(43)47-20(2)3/h6-20,33H,5H2,1-4H3/b30-19-/t33-/m1/s1. The lowest BCUT2D eigenvalue weighted by molar-refractivity contribution is -0.138. The van der Waals surface area contributed by atoms with Crippen LogP contribution in [0, 0.1) is 0 Å². The van der Waals surface area contributed by atoms with E-state index in [1.54, 1.807) is 63.2 Å². The van der Waals surface area contributed by atoms with Crippen molar-refractivity contribution in [1.29, 1.82) is 0 Å². The lowest BCUT2D eigenvalue weighted by Gasteiger charge is -2.27. The molecule has 9 nitrogen and oxygen atoms in total. The molecule has 3 aromatic carbocycles. The highest BCUT2D eigenvalue weighted by Crippen LogP contribution is 2.40. The Morgan fingerprint density at radius 1 is 1.06 bits per heavy atom. The first-order valence-corrected chi connectivity index (χ1v) is 17.3. The van der Waals surface area contributed by atoms with E-state index in [9.17, 15) is 14.4 Å². The number of esters is 2.